The summed E-state index contributed by atoms with van der Waals surface area (Å²) in [5.41, 5.74) is 5.07. The van der Waals surface area contributed by atoms with Crippen molar-refractivity contribution < 1.29 is 23.8 Å². The number of amides is 2. The van der Waals surface area contributed by atoms with E-state index in [1.807, 2.05) is 26.0 Å². The molecular formula is C29H30N4O5. The van der Waals surface area contributed by atoms with Crippen LogP contribution in [0.5, 0.6) is 17.2 Å². The minimum absolute atomic E-state index is 0.0126. The van der Waals surface area contributed by atoms with Crippen molar-refractivity contribution in [2.24, 2.45) is 5.10 Å². The Kier molecular flexibility index (Phi) is 10.7. The average molecular weight is 515 g/mol. The van der Waals surface area contributed by atoms with Gasteiger partial charge in [0.05, 0.1) is 31.1 Å². The van der Waals surface area contributed by atoms with Gasteiger partial charge in [0.25, 0.3) is 0 Å². The van der Waals surface area contributed by atoms with Gasteiger partial charge in [0.2, 0.25) is 11.8 Å². The maximum atomic E-state index is 12.1. The Labute approximate surface area is 222 Å². The van der Waals surface area contributed by atoms with Crippen LogP contribution in [0.3, 0.4) is 0 Å². The van der Waals surface area contributed by atoms with Crippen LogP contribution >= 0.6 is 0 Å². The maximum Gasteiger partial charge on any atom is 0.240 e. The number of ether oxygens (including phenoxy) is 3. The van der Waals surface area contributed by atoms with Gasteiger partial charge in [0.15, 0.2) is 11.5 Å². The molecule has 2 amide bonds. The number of anilines is 1. The highest BCUT2D eigenvalue weighted by Gasteiger charge is 2.09. The lowest BCUT2D eigenvalue weighted by molar-refractivity contribution is -0.124. The van der Waals surface area contributed by atoms with Crippen LogP contribution in [0.25, 0.3) is 0 Å². The Bertz CT molecular complexity index is 1300. The van der Waals surface area contributed by atoms with Crippen molar-refractivity contribution in [2.75, 3.05) is 18.5 Å². The molecule has 9 nitrogen and oxygen atoms in total. The summed E-state index contributed by atoms with van der Waals surface area (Å²) in [6, 6.07) is 21.7. The van der Waals surface area contributed by atoms with Gasteiger partial charge in [-0.25, -0.2) is 5.43 Å². The van der Waals surface area contributed by atoms with Crippen LogP contribution in [0.4, 0.5) is 5.69 Å². The van der Waals surface area contributed by atoms with Gasteiger partial charge in [0, 0.05) is 24.1 Å². The van der Waals surface area contributed by atoms with Gasteiger partial charge in [-0.3, -0.25) is 9.59 Å². The molecular weight excluding hydrogens is 484 g/mol. The van der Waals surface area contributed by atoms with E-state index < -0.39 is 0 Å². The molecule has 0 saturated carbocycles. The van der Waals surface area contributed by atoms with E-state index in [-0.39, 0.29) is 31.3 Å². The minimum atomic E-state index is -0.385. The summed E-state index contributed by atoms with van der Waals surface area (Å²) in [6.07, 6.45) is 1.49. The van der Waals surface area contributed by atoms with E-state index in [9.17, 15) is 14.9 Å². The first-order chi connectivity index (χ1) is 18.5. The number of hydrazone groups is 1. The molecule has 196 valence electrons. The number of hydrogen-bond donors (Lipinski definition) is 2. The SMILES string of the molecule is CCOc1ccc(NC(=O)CCC(=O)NN=Cc2ccc(OCc3ccccc3C#N)c(OCC)c2)cc1. The Balaban J connectivity index is 1.49. The summed E-state index contributed by atoms with van der Waals surface area (Å²) in [7, 11) is 0. The molecule has 38 heavy (non-hydrogen) atoms. The Morgan fingerprint density at radius 1 is 0.895 bits per heavy atom. The molecule has 0 aromatic heterocycles. The van der Waals surface area contributed by atoms with Crippen LogP contribution in [0.2, 0.25) is 0 Å². The summed E-state index contributed by atoms with van der Waals surface area (Å²) < 4.78 is 17.0. The fraction of sp³-hybridized carbons (Fsp3) is 0.241. The number of carbonyl (C=O) groups is 2. The monoisotopic (exact) mass is 514 g/mol. The maximum absolute atomic E-state index is 12.1. The molecule has 9 heteroatoms. The molecule has 0 atom stereocenters. The fourth-order valence-electron chi connectivity index (χ4n) is 3.39. The molecule has 0 unspecified atom stereocenters. The molecule has 3 aromatic carbocycles. The number of carbonyl (C=O) groups excluding carboxylic acids is 2. The molecule has 0 radical (unpaired) electrons. The normalized spacial score (nSPS) is 10.4. The minimum Gasteiger partial charge on any atom is -0.494 e. The third kappa shape index (κ3) is 8.68. The molecule has 3 rings (SSSR count). The van der Waals surface area contributed by atoms with E-state index in [1.165, 1.54) is 6.21 Å². The Morgan fingerprint density at radius 2 is 1.63 bits per heavy atom. The van der Waals surface area contributed by atoms with Gasteiger partial charge in [-0.15, -0.1) is 0 Å². The van der Waals surface area contributed by atoms with Crippen LogP contribution in [0, 0.1) is 11.3 Å². The van der Waals surface area contributed by atoms with Crippen molar-refractivity contribution >= 4 is 23.7 Å². The van der Waals surface area contributed by atoms with Gasteiger partial charge in [-0.1, -0.05) is 18.2 Å². The molecule has 0 spiro atoms. The highest BCUT2D eigenvalue weighted by Crippen LogP contribution is 2.29. The number of nitrogens with one attached hydrogen (secondary N) is 2. The van der Waals surface area contributed by atoms with E-state index in [0.717, 1.165) is 11.3 Å². The molecule has 0 bridgehead atoms. The first kappa shape index (κ1) is 27.7. The second-order valence-corrected chi connectivity index (χ2v) is 8.00. The number of benzene rings is 3. The number of rotatable bonds is 13. The second kappa shape index (κ2) is 14.7. The molecule has 0 fully saturated rings. The van der Waals surface area contributed by atoms with Crippen molar-refractivity contribution in [3.05, 3.63) is 83.4 Å². The summed E-state index contributed by atoms with van der Waals surface area (Å²) in [5.74, 6) is 1.11. The predicted molar refractivity (Wildman–Crippen MR) is 144 cm³/mol. The van der Waals surface area contributed by atoms with Gasteiger partial charge in [-0.2, -0.15) is 10.4 Å². The first-order valence-electron chi connectivity index (χ1n) is 12.2. The lowest BCUT2D eigenvalue weighted by Crippen LogP contribution is -2.20. The van der Waals surface area contributed by atoms with E-state index in [2.05, 4.69) is 21.9 Å². The zero-order valence-electron chi connectivity index (χ0n) is 21.4. The van der Waals surface area contributed by atoms with Crippen molar-refractivity contribution in [1.82, 2.24) is 5.43 Å². The van der Waals surface area contributed by atoms with Crippen LogP contribution in [-0.4, -0.2) is 31.2 Å². The Morgan fingerprint density at radius 3 is 2.37 bits per heavy atom. The molecule has 0 aliphatic rings. The van der Waals surface area contributed by atoms with Crippen LogP contribution < -0.4 is 25.0 Å². The lowest BCUT2D eigenvalue weighted by atomic mass is 10.1. The highest BCUT2D eigenvalue weighted by molar-refractivity contribution is 5.93. The van der Waals surface area contributed by atoms with Crippen LogP contribution in [-0.2, 0) is 16.2 Å². The zero-order valence-corrected chi connectivity index (χ0v) is 21.4. The van der Waals surface area contributed by atoms with Gasteiger partial charge < -0.3 is 19.5 Å². The molecule has 3 aromatic rings. The summed E-state index contributed by atoms with van der Waals surface area (Å²) in [5, 5.41) is 16.0. The lowest BCUT2D eigenvalue weighted by Gasteiger charge is -2.13. The smallest absolute Gasteiger partial charge is 0.240 e. The van der Waals surface area contributed by atoms with Crippen molar-refractivity contribution in [3.63, 3.8) is 0 Å². The van der Waals surface area contributed by atoms with Crippen molar-refractivity contribution in [3.8, 4) is 23.3 Å². The number of nitrogens with zero attached hydrogens (tertiary/aromatic N) is 2. The van der Waals surface area contributed by atoms with E-state index >= 15 is 0 Å². The van der Waals surface area contributed by atoms with Crippen LogP contribution in [0.1, 0.15) is 43.4 Å². The molecule has 0 aliphatic carbocycles. The van der Waals surface area contributed by atoms with Gasteiger partial charge in [-0.05, 0) is 67.9 Å². The molecule has 0 saturated heterocycles. The molecule has 2 N–H and O–H groups in total. The first-order valence-corrected chi connectivity index (χ1v) is 12.2. The largest absolute Gasteiger partial charge is 0.494 e. The average Bonchev–Trinajstić information content (AvgIpc) is 2.93. The summed E-state index contributed by atoms with van der Waals surface area (Å²) in [6.45, 7) is 4.98. The Hall–Kier alpha value is -4.84. The summed E-state index contributed by atoms with van der Waals surface area (Å²) in [4.78, 5) is 24.2. The van der Waals surface area contributed by atoms with E-state index in [1.54, 1.807) is 54.6 Å². The predicted octanol–water partition coefficient (Wildman–Crippen LogP) is 4.80. The van der Waals surface area contributed by atoms with Crippen molar-refractivity contribution in [1.29, 1.82) is 5.26 Å². The number of nitriles is 1. The van der Waals surface area contributed by atoms with E-state index in [0.29, 0.717) is 41.5 Å². The zero-order chi connectivity index (χ0) is 27.2. The fourth-order valence-corrected chi connectivity index (χ4v) is 3.39. The number of hydrogen-bond acceptors (Lipinski definition) is 7. The van der Waals surface area contributed by atoms with Gasteiger partial charge in [0.1, 0.15) is 12.4 Å². The van der Waals surface area contributed by atoms with Crippen molar-refractivity contribution in [2.45, 2.75) is 33.3 Å². The quantitative estimate of drug-likeness (QED) is 0.250. The van der Waals surface area contributed by atoms with Crippen LogP contribution in [0.15, 0.2) is 71.8 Å². The topological polar surface area (TPSA) is 122 Å². The highest BCUT2D eigenvalue weighted by atomic mass is 16.5. The third-order valence-corrected chi connectivity index (χ3v) is 5.22. The van der Waals surface area contributed by atoms with E-state index in [4.69, 9.17) is 14.2 Å². The summed E-state index contributed by atoms with van der Waals surface area (Å²) >= 11 is 0. The molecule has 0 aliphatic heterocycles. The third-order valence-electron chi connectivity index (χ3n) is 5.22. The molecule has 0 heterocycles. The second-order valence-electron chi connectivity index (χ2n) is 8.00. The van der Waals surface area contributed by atoms with Gasteiger partial charge >= 0.3 is 0 Å². The standard InChI is InChI=1S/C29H30N4O5/c1-3-36-25-12-10-24(11-13-25)32-28(34)15-16-29(35)33-31-19-21-9-14-26(27(17-21)37-4-2)38-20-23-8-6-5-7-22(23)18-30/h5-14,17,19H,3-4,15-16,20H2,1-2H3,(H,32,34)(H,33,35).